The molecule has 2 nitrogen and oxygen atoms in total. The van der Waals surface area contributed by atoms with Crippen LogP contribution in [0, 0.1) is 0 Å². The van der Waals surface area contributed by atoms with Crippen LogP contribution in [0.1, 0.15) is 24.0 Å². The van der Waals surface area contributed by atoms with E-state index in [1.165, 1.54) is 11.1 Å². The second kappa shape index (κ2) is 5.33. The SMILES string of the molecule is CC1=C[C@H](c2ccccc2)c2cc(Br)cc(N)c2OC1. The average molecular weight is 330 g/mol. The molecule has 1 aliphatic heterocycles. The van der Waals surface area contributed by atoms with Crippen molar-refractivity contribution >= 4 is 21.6 Å². The van der Waals surface area contributed by atoms with Crippen LogP contribution in [0.5, 0.6) is 5.75 Å². The predicted molar refractivity (Wildman–Crippen MR) is 86.1 cm³/mol. The van der Waals surface area contributed by atoms with Crippen LogP contribution in [0.25, 0.3) is 0 Å². The summed E-state index contributed by atoms with van der Waals surface area (Å²) < 4.78 is 6.86. The third-order valence-corrected chi connectivity index (χ3v) is 3.96. The zero-order valence-electron chi connectivity index (χ0n) is 11.3. The first-order valence-corrected chi connectivity index (χ1v) is 7.38. The van der Waals surface area contributed by atoms with Gasteiger partial charge in [-0.3, -0.25) is 0 Å². The highest BCUT2D eigenvalue weighted by Gasteiger charge is 2.22. The lowest BCUT2D eigenvalue weighted by Gasteiger charge is -2.17. The molecule has 0 bridgehead atoms. The minimum Gasteiger partial charge on any atom is -0.487 e. The number of ether oxygens (including phenoxy) is 1. The van der Waals surface area contributed by atoms with Crippen molar-refractivity contribution in [2.45, 2.75) is 12.8 Å². The first kappa shape index (κ1) is 13.3. The van der Waals surface area contributed by atoms with Gasteiger partial charge in [0, 0.05) is 16.0 Å². The molecule has 0 amide bonds. The Bertz CT molecular complexity index is 664. The molecule has 0 saturated carbocycles. The number of fused-ring (bicyclic) bond motifs is 1. The van der Waals surface area contributed by atoms with Crippen molar-refractivity contribution in [2.75, 3.05) is 12.3 Å². The molecular formula is C17H16BrNO. The Morgan fingerprint density at radius 1 is 1.20 bits per heavy atom. The van der Waals surface area contributed by atoms with Gasteiger partial charge in [-0.25, -0.2) is 0 Å². The largest absolute Gasteiger partial charge is 0.487 e. The van der Waals surface area contributed by atoms with Gasteiger partial charge in [-0.05, 0) is 30.2 Å². The van der Waals surface area contributed by atoms with E-state index in [2.05, 4.69) is 59.3 Å². The predicted octanol–water partition coefficient (Wildman–Crippen LogP) is 4.50. The molecule has 0 radical (unpaired) electrons. The summed E-state index contributed by atoms with van der Waals surface area (Å²) in [4.78, 5) is 0. The Labute approximate surface area is 127 Å². The highest BCUT2D eigenvalue weighted by molar-refractivity contribution is 9.10. The van der Waals surface area contributed by atoms with E-state index in [0.717, 1.165) is 15.8 Å². The number of nitrogen functional groups attached to an aromatic ring is 1. The summed E-state index contributed by atoms with van der Waals surface area (Å²) in [5.74, 6) is 0.976. The summed E-state index contributed by atoms with van der Waals surface area (Å²) in [6.45, 7) is 2.68. The fraction of sp³-hybridized carbons (Fsp3) is 0.176. The minimum atomic E-state index is 0.175. The lowest BCUT2D eigenvalue weighted by molar-refractivity contribution is 0.354. The second-order valence-electron chi connectivity index (χ2n) is 5.10. The van der Waals surface area contributed by atoms with Crippen LogP contribution in [-0.4, -0.2) is 6.61 Å². The summed E-state index contributed by atoms with van der Waals surface area (Å²) in [6.07, 6.45) is 2.26. The Balaban J connectivity index is 2.20. The van der Waals surface area contributed by atoms with Crippen molar-refractivity contribution in [3.63, 3.8) is 0 Å². The van der Waals surface area contributed by atoms with Crippen molar-refractivity contribution in [1.29, 1.82) is 0 Å². The minimum absolute atomic E-state index is 0.175. The van der Waals surface area contributed by atoms with Crippen molar-refractivity contribution in [1.82, 2.24) is 0 Å². The van der Waals surface area contributed by atoms with E-state index < -0.39 is 0 Å². The van der Waals surface area contributed by atoms with Crippen LogP contribution >= 0.6 is 15.9 Å². The van der Waals surface area contributed by atoms with Gasteiger partial charge in [-0.15, -0.1) is 0 Å². The zero-order chi connectivity index (χ0) is 14.1. The summed E-state index contributed by atoms with van der Waals surface area (Å²) >= 11 is 3.53. The number of hydrogen-bond donors (Lipinski definition) is 1. The molecule has 2 N–H and O–H groups in total. The number of hydrogen-bond acceptors (Lipinski definition) is 2. The van der Waals surface area contributed by atoms with Gasteiger partial charge in [0.2, 0.25) is 0 Å². The molecule has 1 aliphatic rings. The Morgan fingerprint density at radius 3 is 2.70 bits per heavy atom. The molecule has 0 spiro atoms. The molecular weight excluding hydrogens is 314 g/mol. The molecule has 2 aromatic carbocycles. The topological polar surface area (TPSA) is 35.2 Å². The first-order valence-electron chi connectivity index (χ1n) is 6.59. The van der Waals surface area contributed by atoms with Crippen LogP contribution in [0.15, 0.2) is 58.6 Å². The van der Waals surface area contributed by atoms with E-state index in [1.807, 2.05) is 12.1 Å². The van der Waals surface area contributed by atoms with Gasteiger partial charge in [0.1, 0.15) is 12.4 Å². The monoisotopic (exact) mass is 329 g/mol. The average Bonchev–Trinajstić information content (AvgIpc) is 2.60. The third kappa shape index (κ3) is 2.46. The lowest BCUT2D eigenvalue weighted by atomic mass is 9.89. The van der Waals surface area contributed by atoms with Crippen LogP contribution < -0.4 is 10.5 Å². The van der Waals surface area contributed by atoms with E-state index in [9.17, 15) is 0 Å². The maximum Gasteiger partial charge on any atom is 0.146 e. The highest BCUT2D eigenvalue weighted by Crippen LogP contribution is 2.41. The van der Waals surface area contributed by atoms with Crippen molar-refractivity contribution in [2.24, 2.45) is 0 Å². The Kier molecular flexibility index (Phi) is 3.53. The quantitative estimate of drug-likeness (QED) is 0.617. The fourth-order valence-corrected chi connectivity index (χ4v) is 3.07. The second-order valence-corrected chi connectivity index (χ2v) is 6.02. The lowest BCUT2D eigenvalue weighted by Crippen LogP contribution is -2.03. The van der Waals surface area contributed by atoms with Crippen LogP contribution in [0.4, 0.5) is 5.69 Å². The molecule has 3 rings (SSSR count). The van der Waals surface area contributed by atoms with Gasteiger partial charge in [0.15, 0.2) is 0 Å². The molecule has 1 heterocycles. The Morgan fingerprint density at radius 2 is 1.95 bits per heavy atom. The molecule has 2 aromatic rings. The van der Waals surface area contributed by atoms with Gasteiger partial charge in [-0.1, -0.05) is 52.3 Å². The normalized spacial score (nSPS) is 17.7. The molecule has 3 heteroatoms. The molecule has 0 unspecified atom stereocenters. The maximum atomic E-state index is 6.12. The summed E-state index contributed by atoms with van der Waals surface area (Å²) in [5.41, 5.74) is 10.4. The van der Waals surface area contributed by atoms with Crippen molar-refractivity contribution < 1.29 is 4.74 Å². The van der Waals surface area contributed by atoms with Crippen molar-refractivity contribution in [3.8, 4) is 5.75 Å². The Hall–Kier alpha value is -1.74. The molecule has 0 aromatic heterocycles. The summed E-state index contributed by atoms with van der Waals surface area (Å²) in [6, 6.07) is 14.4. The molecule has 0 saturated heterocycles. The van der Waals surface area contributed by atoms with Crippen LogP contribution in [0.3, 0.4) is 0 Å². The van der Waals surface area contributed by atoms with Crippen LogP contribution in [0.2, 0.25) is 0 Å². The highest BCUT2D eigenvalue weighted by atomic mass is 79.9. The maximum absolute atomic E-state index is 6.12. The van der Waals surface area contributed by atoms with E-state index in [4.69, 9.17) is 10.5 Å². The number of rotatable bonds is 1. The molecule has 102 valence electrons. The summed E-state index contributed by atoms with van der Waals surface area (Å²) in [7, 11) is 0. The standard InChI is InChI=1S/C17H16BrNO/c1-11-7-14(12-5-3-2-4-6-12)15-8-13(18)9-16(19)17(15)20-10-11/h2-9,14H,10,19H2,1H3/t14-/m1/s1. The molecule has 20 heavy (non-hydrogen) atoms. The fourth-order valence-electron chi connectivity index (χ4n) is 2.58. The third-order valence-electron chi connectivity index (χ3n) is 3.50. The van der Waals surface area contributed by atoms with Gasteiger partial charge in [0.05, 0.1) is 5.69 Å². The van der Waals surface area contributed by atoms with E-state index in [0.29, 0.717) is 12.3 Å². The van der Waals surface area contributed by atoms with Gasteiger partial charge < -0.3 is 10.5 Å². The molecule has 0 fully saturated rings. The van der Waals surface area contributed by atoms with Gasteiger partial charge in [-0.2, -0.15) is 0 Å². The van der Waals surface area contributed by atoms with E-state index in [1.54, 1.807) is 0 Å². The number of allylic oxidation sites excluding steroid dienone is 1. The number of nitrogens with two attached hydrogens (primary N) is 1. The van der Waals surface area contributed by atoms with Gasteiger partial charge in [0.25, 0.3) is 0 Å². The number of anilines is 1. The number of halogens is 1. The van der Waals surface area contributed by atoms with E-state index in [-0.39, 0.29) is 5.92 Å². The van der Waals surface area contributed by atoms with Crippen LogP contribution in [-0.2, 0) is 0 Å². The smallest absolute Gasteiger partial charge is 0.146 e. The van der Waals surface area contributed by atoms with Gasteiger partial charge >= 0.3 is 0 Å². The summed E-state index contributed by atoms with van der Waals surface area (Å²) in [5, 5.41) is 0. The number of benzene rings is 2. The zero-order valence-corrected chi connectivity index (χ0v) is 12.9. The van der Waals surface area contributed by atoms with Crippen molar-refractivity contribution in [3.05, 3.63) is 69.7 Å². The molecule has 0 aliphatic carbocycles. The molecule has 1 atom stereocenters. The van der Waals surface area contributed by atoms with E-state index >= 15 is 0 Å². The first-order chi connectivity index (χ1) is 9.65.